The van der Waals surface area contributed by atoms with Gasteiger partial charge < -0.3 is 9.72 Å². The third-order valence-electron chi connectivity index (χ3n) is 3.28. The molecule has 1 aromatic heterocycles. The van der Waals surface area contributed by atoms with Gasteiger partial charge in [0.05, 0.1) is 0 Å². The maximum absolute atomic E-state index is 5.38. The zero-order valence-corrected chi connectivity index (χ0v) is 11.5. The lowest BCUT2D eigenvalue weighted by atomic mass is 10.1. The van der Waals surface area contributed by atoms with Crippen LogP contribution in [0.4, 0.5) is 0 Å². The fourth-order valence-corrected chi connectivity index (χ4v) is 2.21. The molecule has 0 spiro atoms. The first-order valence-corrected chi connectivity index (χ1v) is 6.77. The van der Waals surface area contributed by atoms with Gasteiger partial charge in [0.2, 0.25) is 0 Å². The Morgan fingerprint density at radius 1 is 0.905 bits per heavy atom. The van der Waals surface area contributed by atoms with Crippen LogP contribution in [0.1, 0.15) is 0 Å². The van der Waals surface area contributed by atoms with E-state index in [4.69, 9.17) is 11.2 Å². The van der Waals surface area contributed by atoms with Crippen molar-refractivity contribution in [2.24, 2.45) is 0 Å². The van der Waals surface area contributed by atoms with E-state index in [0.717, 1.165) is 22.6 Å². The molecule has 2 nitrogen and oxygen atoms in total. The first kappa shape index (κ1) is 13.1. The topological polar surface area (TPSA) is 25.0 Å². The van der Waals surface area contributed by atoms with E-state index < -0.39 is 0 Å². The Bertz CT molecular complexity index is 748. The van der Waals surface area contributed by atoms with E-state index in [1.165, 1.54) is 5.56 Å². The molecule has 0 amide bonds. The van der Waals surface area contributed by atoms with Gasteiger partial charge in [0, 0.05) is 11.9 Å². The van der Waals surface area contributed by atoms with E-state index >= 15 is 0 Å². The molecular weight excluding hydrogens is 258 g/mol. The first-order chi connectivity index (χ1) is 10.4. The molecule has 0 saturated carbocycles. The Hall–Kier alpha value is -2.92. The molecule has 0 bridgehead atoms. The molecule has 0 aliphatic rings. The number of ether oxygens (including phenoxy) is 1. The molecule has 2 heteroatoms. The van der Waals surface area contributed by atoms with Crippen LogP contribution in [0.3, 0.4) is 0 Å². The van der Waals surface area contributed by atoms with Crippen molar-refractivity contribution in [3.8, 4) is 40.5 Å². The van der Waals surface area contributed by atoms with Gasteiger partial charge >= 0.3 is 0 Å². The SMILES string of the molecule is C#CCOc1ccc(-c2c[nH]c(-c3ccccc3)c2)cc1. The lowest BCUT2D eigenvalue weighted by Gasteiger charge is -2.03. The summed E-state index contributed by atoms with van der Waals surface area (Å²) in [6.45, 7) is 0.293. The maximum Gasteiger partial charge on any atom is 0.148 e. The summed E-state index contributed by atoms with van der Waals surface area (Å²) in [6.07, 6.45) is 7.19. The van der Waals surface area contributed by atoms with Crippen molar-refractivity contribution in [2.75, 3.05) is 6.61 Å². The second-order valence-corrected chi connectivity index (χ2v) is 4.69. The van der Waals surface area contributed by atoms with Gasteiger partial charge in [-0.1, -0.05) is 48.4 Å². The molecule has 0 saturated heterocycles. The monoisotopic (exact) mass is 273 g/mol. The van der Waals surface area contributed by atoms with Gasteiger partial charge in [-0.25, -0.2) is 0 Å². The van der Waals surface area contributed by atoms with E-state index in [1.54, 1.807) is 0 Å². The number of benzene rings is 2. The van der Waals surface area contributed by atoms with Crippen molar-refractivity contribution < 1.29 is 4.74 Å². The third kappa shape index (κ3) is 2.98. The zero-order valence-electron chi connectivity index (χ0n) is 11.5. The molecule has 0 radical (unpaired) electrons. The molecule has 0 unspecified atom stereocenters. The Kier molecular flexibility index (Phi) is 3.75. The van der Waals surface area contributed by atoms with Crippen LogP contribution in [0.15, 0.2) is 66.9 Å². The first-order valence-electron chi connectivity index (χ1n) is 6.77. The van der Waals surface area contributed by atoms with E-state index in [9.17, 15) is 0 Å². The molecule has 3 aromatic rings. The van der Waals surface area contributed by atoms with Crippen molar-refractivity contribution in [3.63, 3.8) is 0 Å². The summed E-state index contributed by atoms with van der Waals surface area (Å²) < 4.78 is 5.38. The van der Waals surface area contributed by atoms with Crippen LogP contribution in [0.25, 0.3) is 22.4 Å². The minimum absolute atomic E-state index is 0.293. The van der Waals surface area contributed by atoms with Gasteiger partial charge in [0.15, 0.2) is 0 Å². The van der Waals surface area contributed by atoms with E-state index in [1.807, 2.05) is 48.7 Å². The Labute approximate surface area is 124 Å². The van der Waals surface area contributed by atoms with Gasteiger partial charge in [-0.2, -0.15) is 0 Å². The van der Waals surface area contributed by atoms with Gasteiger partial charge in [-0.05, 0) is 34.9 Å². The summed E-state index contributed by atoms with van der Waals surface area (Å²) in [5.41, 5.74) is 4.58. The molecule has 0 atom stereocenters. The summed E-state index contributed by atoms with van der Waals surface area (Å²) in [6, 6.07) is 20.3. The summed E-state index contributed by atoms with van der Waals surface area (Å²) in [5.74, 6) is 3.24. The van der Waals surface area contributed by atoms with Gasteiger partial charge in [0.25, 0.3) is 0 Å². The van der Waals surface area contributed by atoms with Gasteiger partial charge in [0.1, 0.15) is 12.4 Å². The number of H-pyrrole nitrogens is 1. The standard InChI is InChI=1S/C19H15NO/c1-2-12-21-18-10-8-15(9-11-18)17-13-19(20-14-17)16-6-4-3-5-7-16/h1,3-11,13-14,20H,12H2. The molecule has 0 aliphatic carbocycles. The van der Waals surface area contributed by atoms with Crippen molar-refractivity contribution in [3.05, 3.63) is 66.9 Å². The molecule has 1 N–H and O–H groups in total. The highest BCUT2D eigenvalue weighted by atomic mass is 16.5. The molecule has 0 fully saturated rings. The maximum atomic E-state index is 5.38. The predicted octanol–water partition coefficient (Wildman–Crippen LogP) is 4.36. The summed E-state index contributed by atoms with van der Waals surface area (Å²) in [5, 5.41) is 0. The number of hydrogen-bond donors (Lipinski definition) is 1. The Morgan fingerprint density at radius 2 is 1.67 bits per heavy atom. The molecule has 102 valence electrons. The second-order valence-electron chi connectivity index (χ2n) is 4.69. The summed E-state index contributed by atoms with van der Waals surface area (Å²) >= 11 is 0. The highest BCUT2D eigenvalue weighted by Gasteiger charge is 2.04. The summed E-state index contributed by atoms with van der Waals surface area (Å²) in [7, 11) is 0. The van der Waals surface area contributed by atoms with Crippen molar-refractivity contribution in [2.45, 2.75) is 0 Å². The number of aromatic amines is 1. The van der Waals surface area contributed by atoms with Gasteiger partial charge in [-0.15, -0.1) is 6.42 Å². The Balaban J connectivity index is 1.82. The van der Waals surface area contributed by atoms with Crippen LogP contribution in [0, 0.1) is 12.3 Å². The molecule has 0 aliphatic heterocycles. The van der Waals surface area contributed by atoms with Gasteiger partial charge in [-0.3, -0.25) is 0 Å². The number of terminal acetylenes is 1. The zero-order chi connectivity index (χ0) is 14.5. The molecular formula is C19H15NO. The highest BCUT2D eigenvalue weighted by Crippen LogP contribution is 2.27. The van der Waals surface area contributed by atoms with Crippen LogP contribution < -0.4 is 4.74 Å². The molecule has 1 heterocycles. The average Bonchev–Trinajstić information content (AvgIpc) is 3.04. The van der Waals surface area contributed by atoms with E-state index in [-0.39, 0.29) is 0 Å². The smallest absolute Gasteiger partial charge is 0.148 e. The van der Waals surface area contributed by atoms with E-state index in [0.29, 0.717) is 6.61 Å². The quantitative estimate of drug-likeness (QED) is 0.702. The molecule has 3 rings (SSSR count). The van der Waals surface area contributed by atoms with Crippen molar-refractivity contribution in [1.29, 1.82) is 0 Å². The number of nitrogens with one attached hydrogen (secondary N) is 1. The van der Waals surface area contributed by atoms with Crippen LogP contribution >= 0.6 is 0 Å². The highest BCUT2D eigenvalue weighted by molar-refractivity contribution is 5.71. The van der Waals surface area contributed by atoms with Crippen molar-refractivity contribution in [1.82, 2.24) is 4.98 Å². The summed E-state index contributed by atoms with van der Waals surface area (Å²) in [4.78, 5) is 3.31. The molecule has 2 aromatic carbocycles. The largest absolute Gasteiger partial charge is 0.481 e. The second kappa shape index (κ2) is 6.02. The van der Waals surface area contributed by atoms with Crippen LogP contribution in [-0.4, -0.2) is 11.6 Å². The third-order valence-corrected chi connectivity index (χ3v) is 3.28. The minimum Gasteiger partial charge on any atom is -0.481 e. The lowest BCUT2D eigenvalue weighted by molar-refractivity contribution is 0.370. The predicted molar refractivity (Wildman–Crippen MR) is 86.0 cm³/mol. The number of aromatic nitrogens is 1. The van der Waals surface area contributed by atoms with Crippen molar-refractivity contribution >= 4 is 0 Å². The van der Waals surface area contributed by atoms with Crippen LogP contribution in [0.2, 0.25) is 0 Å². The normalized spacial score (nSPS) is 10.0. The number of rotatable bonds is 4. The van der Waals surface area contributed by atoms with Crippen LogP contribution in [-0.2, 0) is 0 Å². The van der Waals surface area contributed by atoms with E-state index in [2.05, 4.69) is 29.1 Å². The average molecular weight is 273 g/mol. The van der Waals surface area contributed by atoms with Crippen LogP contribution in [0.5, 0.6) is 5.75 Å². The fourth-order valence-electron chi connectivity index (χ4n) is 2.21. The fraction of sp³-hybridized carbons (Fsp3) is 0.0526. The minimum atomic E-state index is 0.293. The lowest BCUT2D eigenvalue weighted by Crippen LogP contribution is -1.92. The Morgan fingerprint density at radius 3 is 2.38 bits per heavy atom. The molecule has 21 heavy (non-hydrogen) atoms. The number of hydrogen-bond acceptors (Lipinski definition) is 1.